The van der Waals surface area contributed by atoms with Gasteiger partial charge in [0.2, 0.25) is 0 Å². The lowest BCUT2D eigenvalue weighted by molar-refractivity contribution is 0.101. The van der Waals surface area contributed by atoms with E-state index in [1.165, 1.54) is 28.4 Å². The number of ether oxygens (including phenoxy) is 4. The molecule has 0 bridgehead atoms. The van der Waals surface area contributed by atoms with Gasteiger partial charge in [0.05, 0.1) is 28.4 Å². The first-order valence-corrected chi connectivity index (χ1v) is 11.7. The Bertz CT molecular complexity index is 1280. The molecule has 0 heterocycles. The molecule has 4 aromatic rings. The van der Waals surface area contributed by atoms with E-state index in [1.54, 1.807) is 36.4 Å². The largest absolute Gasteiger partial charge is 0.496 e. The molecule has 0 atom stereocenters. The van der Waals surface area contributed by atoms with Crippen molar-refractivity contribution in [2.45, 2.75) is 0 Å². The van der Waals surface area contributed by atoms with E-state index in [4.69, 9.17) is 18.9 Å². The number of hydrogen-bond donors (Lipinski definition) is 2. The van der Waals surface area contributed by atoms with Crippen LogP contribution >= 0.6 is 0 Å². The van der Waals surface area contributed by atoms with Crippen LogP contribution < -0.4 is 29.6 Å². The molecule has 0 fully saturated rings. The van der Waals surface area contributed by atoms with Gasteiger partial charge >= 0.3 is 0 Å². The molecule has 0 aromatic heterocycles. The zero-order chi connectivity index (χ0) is 27.1. The number of methoxy groups -OCH3 is 4. The van der Waals surface area contributed by atoms with Crippen molar-refractivity contribution in [3.05, 3.63) is 96.1 Å². The van der Waals surface area contributed by atoms with Gasteiger partial charge in [-0.3, -0.25) is 9.59 Å². The molecule has 38 heavy (non-hydrogen) atoms. The number of carbonyl (C=O) groups excluding carboxylic acids is 2. The summed E-state index contributed by atoms with van der Waals surface area (Å²) >= 11 is 0. The van der Waals surface area contributed by atoms with E-state index in [2.05, 4.69) is 10.6 Å². The molecule has 0 unspecified atom stereocenters. The molecule has 0 radical (unpaired) electrons. The fraction of sp³-hybridized carbons (Fsp3) is 0.133. The van der Waals surface area contributed by atoms with E-state index >= 15 is 0 Å². The van der Waals surface area contributed by atoms with Crippen molar-refractivity contribution < 1.29 is 28.5 Å². The Morgan fingerprint density at radius 1 is 0.474 bits per heavy atom. The number of nitrogens with one attached hydrogen (secondary N) is 2. The fourth-order valence-corrected chi connectivity index (χ4v) is 4.03. The van der Waals surface area contributed by atoms with Gasteiger partial charge in [-0.05, 0) is 59.7 Å². The van der Waals surface area contributed by atoms with E-state index in [9.17, 15) is 9.59 Å². The summed E-state index contributed by atoms with van der Waals surface area (Å²) < 4.78 is 21.3. The predicted molar refractivity (Wildman–Crippen MR) is 147 cm³/mol. The minimum atomic E-state index is -0.334. The first-order chi connectivity index (χ1) is 18.5. The third-order valence-corrected chi connectivity index (χ3v) is 5.93. The molecular formula is C30H28N2O6. The number of carbonyl (C=O) groups is 2. The van der Waals surface area contributed by atoms with Crippen molar-refractivity contribution in [2.24, 2.45) is 0 Å². The molecule has 0 aliphatic carbocycles. The summed E-state index contributed by atoms with van der Waals surface area (Å²) in [5, 5.41) is 5.77. The molecule has 0 aliphatic rings. The summed E-state index contributed by atoms with van der Waals surface area (Å²) in [6.07, 6.45) is 0. The Morgan fingerprint density at radius 2 is 0.763 bits per heavy atom. The average molecular weight is 513 g/mol. The van der Waals surface area contributed by atoms with Gasteiger partial charge in [0.15, 0.2) is 0 Å². The normalized spacial score (nSPS) is 10.3. The van der Waals surface area contributed by atoms with Crippen LogP contribution in [0.25, 0.3) is 11.1 Å². The highest BCUT2D eigenvalue weighted by Crippen LogP contribution is 2.31. The maximum Gasteiger partial charge on any atom is 0.263 e. The van der Waals surface area contributed by atoms with Crippen LogP contribution in [0.3, 0.4) is 0 Å². The minimum absolute atomic E-state index is 0.324. The first-order valence-electron chi connectivity index (χ1n) is 11.7. The Hall–Kier alpha value is -4.98. The minimum Gasteiger partial charge on any atom is -0.496 e. The van der Waals surface area contributed by atoms with E-state index < -0.39 is 0 Å². The number of amides is 2. The van der Waals surface area contributed by atoms with Gasteiger partial charge in [0.25, 0.3) is 11.8 Å². The maximum absolute atomic E-state index is 12.9. The Balaban J connectivity index is 1.46. The summed E-state index contributed by atoms with van der Waals surface area (Å²) in [6.45, 7) is 0. The summed E-state index contributed by atoms with van der Waals surface area (Å²) in [4.78, 5) is 25.8. The predicted octanol–water partition coefficient (Wildman–Crippen LogP) is 5.89. The lowest BCUT2D eigenvalue weighted by Gasteiger charge is -2.14. The van der Waals surface area contributed by atoms with Crippen molar-refractivity contribution in [3.8, 4) is 34.1 Å². The van der Waals surface area contributed by atoms with Crippen LogP contribution in [0.1, 0.15) is 20.7 Å². The van der Waals surface area contributed by atoms with Crippen LogP contribution in [0.4, 0.5) is 11.4 Å². The van der Waals surface area contributed by atoms with Crippen LogP contribution in [-0.2, 0) is 0 Å². The quantitative estimate of drug-likeness (QED) is 0.290. The molecule has 0 saturated carbocycles. The number of anilines is 2. The molecule has 0 spiro atoms. The topological polar surface area (TPSA) is 95.1 Å². The zero-order valence-electron chi connectivity index (χ0n) is 21.5. The van der Waals surface area contributed by atoms with Crippen LogP contribution in [0.15, 0.2) is 84.9 Å². The van der Waals surface area contributed by atoms with E-state index in [-0.39, 0.29) is 11.8 Å². The molecule has 0 saturated heterocycles. The van der Waals surface area contributed by atoms with E-state index in [0.717, 1.165) is 11.1 Å². The smallest absolute Gasteiger partial charge is 0.263 e. The highest BCUT2D eigenvalue weighted by atomic mass is 16.5. The van der Waals surface area contributed by atoms with Crippen molar-refractivity contribution in [1.82, 2.24) is 0 Å². The van der Waals surface area contributed by atoms with Gasteiger partial charge in [0.1, 0.15) is 34.1 Å². The van der Waals surface area contributed by atoms with Crippen LogP contribution in [0, 0.1) is 0 Å². The second kappa shape index (κ2) is 11.8. The molecule has 4 rings (SSSR count). The van der Waals surface area contributed by atoms with Crippen molar-refractivity contribution >= 4 is 23.2 Å². The van der Waals surface area contributed by atoms with Gasteiger partial charge in [-0.2, -0.15) is 0 Å². The monoisotopic (exact) mass is 512 g/mol. The van der Waals surface area contributed by atoms with Crippen molar-refractivity contribution in [1.29, 1.82) is 0 Å². The lowest BCUT2D eigenvalue weighted by atomic mass is 10.0. The number of hydrogen-bond acceptors (Lipinski definition) is 6. The van der Waals surface area contributed by atoms with Gasteiger partial charge in [-0.1, -0.05) is 36.4 Å². The summed E-state index contributed by atoms with van der Waals surface area (Å²) in [7, 11) is 6.03. The van der Waals surface area contributed by atoms with Gasteiger partial charge in [-0.25, -0.2) is 0 Å². The van der Waals surface area contributed by atoms with E-state index in [0.29, 0.717) is 45.5 Å². The Kier molecular flexibility index (Phi) is 8.13. The molecule has 194 valence electrons. The SMILES string of the molecule is COc1cccc(OC)c1C(=O)Nc1ccc(-c2ccc(NC(=O)c3c(OC)cccc3OC)cc2)cc1. The molecule has 4 aromatic carbocycles. The van der Waals surface area contributed by atoms with Crippen LogP contribution in [0.2, 0.25) is 0 Å². The zero-order valence-corrected chi connectivity index (χ0v) is 21.5. The molecular weight excluding hydrogens is 484 g/mol. The molecule has 2 N–H and O–H groups in total. The average Bonchev–Trinajstić information content (AvgIpc) is 2.96. The number of benzene rings is 4. The standard InChI is InChI=1S/C30H28N2O6/c1-35-23-7-5-8-24(36-2)27(23)29(33)31-21-15-11-19(12-16-21)20-13-17-22(18-14-20)32-30(34)28-25(37-3)9-6-10-26(28)38-4/h5-18H,1-4H3,(H,31,33)(H,32,34). The number of rotatable bonds is 9. The Labute approximate surface area is 221 Å². The third kappa shape index (κ3) is 5.54. The highest BCUT2D eigenvalue weighted by Gasteiger charge is 2.19. The van der Waals surface area contributed by atoms with Crippen LogP contribution in [-0.4, -0.2) is 40.3 Å². The van der Waals surface area contributed by atoms with Gasteiger partial charge in [-0.15, -0.1) is 0 Å². The van der Waals surface area contributed by atoms with E-state index in [1.807, 2.05) is 48.5 Å². The molecule has 8 heteroatoms. The molecule has 2 amide bonds. The summed E-state index contributed by atoms with van der Waals surface area (Å²) in [5.41, 5.74) is 3.79. The van der Waals surface area contributed by atoms with Gasteiger partial charge in [0, 0.05) is 11.4 Å². The summed E-state index contributed by atoms with van der Waals surface area (Å²) in [6, 6.07) is 25.2. The van der Waals surface area contributed by atoms with Crippen LogP contribution in [0.5, 0.6) is 23.0 Å². The maximum atomic E-state index is 12.9. The molecule has 0 aliphatic heterocycles. The molecule has 8 nitrogen and oxygen atoms in total. The fourth-order valence-electron chi connectivity index (χ4n) is 4.03. The third-order valence-electron chi connectivity index (χ3n) is 5.93. The lowest BCUT2D eigenvalue weighted by Crippen LogP contribution is -2.14. The summed E-state index contributed by atoms with van der Waals surface area (Å²) in [5.74, 6) is 1.03. The van der Waals surface area contributed by atoms with Crippen molar-refractivity contribution in [2.75, 3.05) is 39.1 Å². The Morgan fingerprint density at radius 3 is 1.03 bits per heavy atom. The van der Waals surface area contributed by atoms with Gasteiger partial charge < -0.3 is 29.6 Å². The highest BCUT2D eigenvalue weighted by molar-refractivity contribution is 6.09. The second-order valence-electron chi connectivity index (χ2n) is 8.14. The first kappa shape index (κ1) is 26.1. The van der Waals surface area contributed by atoms with Crippen molar-refractivity contribution in [3.63, 3.8) is 0 Å². The second-order valence-corrected chi connectivity index (χ2v) is 8.14.